The van der Waals surface area contributed by atoms with E-state index in [0.717, 1.165) is 4.90 Å². The number of hydrogen-bond acceptors (Lipinski definition) is 4. The molecule has 0 saturated heterocycles. The normalized spacial score (nSPS) is 13.5. The van der Waals surface area contributed by atoms with Crippen LogP contribution >= 0.6 is 0 Å². The maximum atomic E-state index is 11.6. The van der Waals surface area contributed by atoms with Crippen LogP contribution in [0, 0.1) is 0 Å². The van der Waals surface area contributed by atoms with Crippen molar-refractivity contribution in [3.8, 4) is 0 Å². The number of benzene rings is 1. The van der Waals surface area contributed by atoms with Gasteiger partial charge in [0.25, 0.3) is 0 Å². The average Bonchev–Trinajstić information content (AvgIpc) is 2.62. The molecule has 88 valence electrons. The van der Waals surface area contributed by atoms with Crippen molar-refractivity contribution in [2.75, 3.05) is 12.0 Å². The number of ether oxygens (including phenoxy) is 1. The summed E-state index contributed by atoms with van der Waals surface area (Å²) in [6.45, 7) is 1.33. The molecule has 0 N–H and O–H groups in total. The fraction of sp³-hybridized carbons (Fsp3) is 0.250. The zero-order valence-corrected chi connectivity index (χ0v) is 9.52. The van der Waals surface area contributed by atoms with E-state index in [2.05, 4.69) is 4.74 Å². The molecule has 17 heavy (non-hydrogen) atoms. The molecule has 0 saturated carbocycles. The number of anilines is 1. The predicted molar refractivity (Wildman–Crippen MR) is 59.7 cm³/mol. The number of hydrogen-bond donors (Lipinski definition) is 0. The number of esters is 1. The van der Waals surface area contributed by atoms with E-state index in [9.17, 15) is 14.4 Å². The molecule has 0 fully saturated rings. The lowest BCUT2D eigenvalue weighted by molar-refractivity contribution is -0.124. The number of imide groups is 1. The van der Waals surface area contributed by atoms with Crippen LogP contribution in [0.3, 0.4) is 0 Å². The fourth-order valence-electron chi connectivity index (χ4n) is 1.91. The third-order valence-electron chi connectivity index (χ3n) is 2.65. The first-order valence-electron chi connectivity index (χ1n) is 5.09. The monoisotopic (exact) mass is 233 g/mol. The van der Waals surface area contributed by atoms with Crippen LogP contribution in [-0.2, 0) is 20.7 Å². The fourth-order valence-corrected chi connectivity index (χ4v) is 1.91. The summed E-state index contributed by atoms with van der Waals surface area (Å²) in [5.41, 5.74) is 1.60. The summed E-state index contributed by atoms with van der Waals surface area (Å²) in [5, 5.41) is 0. The molecule has 0 radical (unpaired) electrons. The number of fused-ring (bicyclic) bond motifs is 1. The molecule has 1 aliphatic rings. The molecule has 5 heteroatoms. The quantitative estimate of drug-likeness (QED) is 0.676. The highest BCUT2D eigenvalue weighted by atomic mass is 16.5. The van der Waals surface area contributed by atoms with Gasteiger partial charge in [0, 0.05) is 6.92 Å². The number of amides is 2. The number of rotatable bonds is 1. The Bertz CT molecular complexity index is 521. The average molecular weight is 233 g/mol. The summed E-state index contributed by atoms with van der Waals surface area (Å²) in [5.74, 6) is -1.05. The lowest BCUT2D eigenvalue weighted by Crippen LogP contribution is -2.31. The molecule has 1 heterocycles. The van der Waals surface area contributed by atoms with Gasteiger partial charge in [-0.15, -0.1) is 0 Å². The number of nitrogens with zero attached hydrogens (tertiary/aromatic N) is 1. The van der Waals surface area contributed by atoms with Crippen molar-refractivity contribution in [1.29, 1.82) is 0 Å². The van der Waals surface area contributed by atoms with E-state index in [-0.39, 0.29) is 18.2 Å². The van der Waals surface area contributed by atoms with Gasteiger partial charge >= 0.3 is 5.97 Å². The molecule has 0 atom stereocenters. The van der Waals surface area contributed by atoms with Gasteiger partial charge in [0.05, 0.1) is 24.8 Å². The minimum absolute atomic E-state index is 0.139. The summed E-state index contributed by atoms with van der Waals surface area (Å²) in [7, 11) is 1.29. The molecule has 1 aliphatic heterocycles. The van der Waals surface area contributed by atoms with Crippen molar-refractivity contribution < 1.29 is 19.1 Å². The molecule has 0 unspecified atom stereocenters. The van der Waals surface area contributed by atoms with E-state index in [1.54, 1.807) is 18.2 Å². The van der Waals surface area contributed by atoms with Gasteiger partial charge < -0.3 is 4.74 Å². The summed E-state index contributed by atoms with van der Waals surface area (Å²) < 4.78 is 4.59. The minimum atomic E-state index is -0.457. The smallest absolute Gasteiger partial charge is 0.337 e. The number of carbonyl (C=O) groups is 3. The second-order valence-corrected chi connectivity index (χ2v) is 3.76. The van der Waals surface area contributed by atoms with E-state index in [0.29, 0.717) is 16.8 Å². The van der Waals surface area contributed by atoms with Crippen LogP contribution in [0.2, 0.25) is 0 Å². The lowest BCUT2D eigenvalue weighted by atomic mass is 10.1. The van der Waals surface area contributed by atoms with Crippen LogP contribution in [0.25, 0.3) is 0 Å². The summed E-state index contributed by atoms with van der Waals surface area (Å²) in [6.07, 6.45) is 0.139. The van der Waals surface area contributed by atoms with Crippen LogP contribution in [0.15, 0.2) is 18.2 Å². The number of methoxy groups -OCH3 is 1. The van der Waals surface area contributed by atoms with Crippen molar-refractivity contribution >= 4 is 23.5 Å². The molecular formula is C12H11NO4. The Morgan fingerprint density at radius 1 is 1.35 bits per heavy atom. The Kier molecular flexibility index (Phi) is 2.67. The van der Waals surface area contributed by atoms with Gasteiger partial charge in [-0.05, 0) is 23.8 Å². The van der Waals surface area contributed by atoms with E-state index in [1.807, 2.05) is 0 Å². The van der Waals surface area contributed by atoms with Gasteiger partial charge in [-0.25, -0.2) is 4.79 Å². The highest BCUT2D eigenvalue weighted by molar-refractivity contribution is 6.18. The second-order valence-electron chi connectivity index (χ2n) is 3.76. The molecule has 0 bridgehead atoms. The highest BCUT2D eigenvalue weighted by Gasteiger charge is 2.30. The topological polar surface area (TPSA) is 63.7 Å². The Morgan fingerprint density at radius 3 is 2.65 bits per heavy atom. The molecule has 0 aromatic heterocycles. The standard InChI is InChI=1S/C12H11NO4/c1-7(14)13-10-4-3-8(12(16)17-2)5-9(10)6-11(13)15/h3-5H,6H2,1-2H3. The maximum absolute atomic E-state index is 11.6. The van der Waals surface area contributed by atoms with Crippen molar-refractivity contribution in [2.45, 2.75) is 13.3 Å². The van der Waals surface area contributed by atoms with Gasteiger partial charge in [0.15, 0.2) is 0 Å². The van der Waals surface area contributed by atoms with Crippen LogP contribution in [0.4, 0.5) is 5.69 Å². The number of carbonyl (C=O) groups excluding carboxylic acids is 3. The molecule has 5 nitrogen and oxygen atoms in total. The van der Waals surface area contributed by atoms with Crippen LogP contribution < -0.4 is 4.90 Å². The first kappa shape index (κ1) is 11.3. The third-order valence-corrected chi connectivity index (χ3v) is 2.65. The summed E-state index contributed by atoms with van der Waals surface area (Å²) in [4.78, 5) is 35.4. The zero-order valence-electron chi connectivity index (χ0n) is 9.52. The van der Waals surface area contributed by atoms with E-state index in [4.69, 9.17) is 0 Å². The first-order valence-corrected chi connectivity index (χ1v) is 5.09. The van der Waals surface area contributed by atoms with Crippen LogP contribution in [0.5, 0.6) is 0 Å². The lowest BCUT2D eigenvalue weighted by Gasteiger charge is -2.12. The Balaban J connectivity index is 2.44. The largest absolute Gasteiger partial charge is 0.465 e. The van der Waals surface area contributed by atoms with Crippen molar-refractivity contribution in [3.63, 3.8) is 0 Å². The SMILES string of the molecule is COC(=O)c1ccc2c(c1)CC(=O)N2C(C)=O. The Hall–Kier alpha value is -2.17. The van der Waals surface area contributed by atoms with Crippen molar-refractivity contribution in [3.05, 3.63) is 29.3 Å². The predicted octanol–water partition coefficient (Wildman–Crippen LogP) is 0.909. The van der Waals surface area contributed by atoms with E-state index in [1.165, 1.54) is 14.0 Å². The van der Waals surface area contributed by atoms with Gasteiger partial charge in [0.2, 0.25) is 11.8 Å². The van der Waals surface area contributed by atoms with Gasteiger partial charge in [-0.3, -0.25) is 14.5 Å². The highest BCUT2D eigenvalue weighted by Crippen LogP contribution is 2.29. The molecule has 1 aromatic rings. The minimum Gasteiger partial charge on any atom is -0.465 e. The molecule has 0 spiro atoms. The molecule has 2 rings (SSSR count). The first-order chi connectivity index (χ1) is 8.04. The second kappa shape index (κ2) is 4.01. The third kappa shape index (κ3) is 1.80. The van der Waals surface area contributed by atoms with Crippen LogP contribution in [0.1, 0.15) is 22.8 Å². The van der Waals surface area contributed by atoms with Gasteiger partial charge in [-0.1, -0.05) is 0 Å². The summed E-state index contributed by atoms with van der Waals surface area (Å²) >= 11 is 0. The summed E-state index contributed by atoms with van der Waals surface area (Å²) in [6, 6.07) is 4.72. The molecular weight excluding hydrogens is 222 g/mol. The molecule has 0 aliphatic carbocycles. The maximum Gasteiger partial charge on any atom is 0.337 e. The van der Waals surface area contributed by atoms with Gasteiger partial charge in [0.1, 0.15) is 0 Å². The van der Waals surface area contributed by atoms with E-state index < -0.39 is 5.97 Å². The van der Waals surface area contributed by atoms with Gasteiger partial charge in [-0.2, -0.15) is 0 Å². The molecule has 1 aromatic carbocycles. The molecule has 2 amide bonds. The van der Waals surface area contributed by atoms with Crippen LogP contribution in [-0.4, -0.2) is 24.9 Å². The van der Waals surface area contributed by atoms with E-state index >= 15 is 0 Å². The van der Waals surface area contributed by atoms with Crippen molar-refractivity contribution in [1.82, 2.24) is 0 Å². The van der Waals surface area contributed by atoms with Crippen molar-refractivity contribution in [2.24, 2.45) is 0 Å². The zero-order chi connectivity index (χ0) is 12.6. The Labute approximate surface area is 98.0 Å². The Morgan fingerprint density at radius 2 is 2.06 bits per heavy atom.